The van der Waals surface area contributed by atoms with Crippen LogP contribution >= 0.6 is 0 Å². The number of hydrogen-bond acceptors (Lipinski definition) is 4. The summed E-state index contributed by atoms with van der Waals surface area (Å²) in [5.41, 5.74) is 2.08. The van der Waals surface area contributed by atoms with Crippen LogP contribution in [0.5, 0.6) is 0 Å². The molecule has 0 fully saturated rings. The summed E-state index contributed by atoms with van der Waals surface area (Å²) in [6, 6.07) is 12.1. The second kappa shape index (κ2) is 5.06. The third kappa shape index (κ3) is 2.88. The van der Waals surface area contributed by atoms with E-state index in [2.05, 4.69) is 32.5 Å². The van der Waals surface area contributed by atoms with Crippen molar-refractivity contribution in [3.8, 4) is 0 Å². The third-order valence-corrected chi connectivity index (χ3v) is 2.80. The van der Waals surface area contributed by atoms with Gasteiger partial charge in [0.15, 0.2) is 5.82 Å². The second-order valence-corrected chi connectivity index (χ2v) is 4.47. The number of aryl methyl sites for hydroxylation is 1. The van der Waals surface area contributed by atoms with Gasteiger partial charge in [-0.25, -0.2) is 4.98 Å². The van der Waals surface area contributed by atoms with Crippen molar-refractivity contribution >= 4 is 0 Å². The van der Waals surface area contributed by atoms with Gasteiger partial charge in [-0.1, -0.05) is 35.5 Å². The fourth-order valence-corrected chi connectivity index (χ4v) is 1.94. The molecule has 0 atom stereocenters. The number of rotatable bonds is 4. The van der Waals surface area contributed by atoms with Gasteiger partial charge in [0.05, 0.1) is 12.1 Å². The second-order valence-electron chi connectivity index (χ2n) is 4.47. The Morgan fingerprint density at radius 3 is 2.74 bits per heavy atom. The van der Waals surface area contributed by atoms with Crippen LogP contribution in [0, 0.1) is 6.92 Å². The third-order valence-electron chi connectivity index (χ3n) is 2.80. The van der Waals surface area contributed by atoms with Gasteiger partial charge < -0.3 is 4.52 Å². The van der Waals surface area contributed by atoms with E-state index >= 15 is 0 Å². The number of nitrogens with zero attached hydrogens (tertiary/aromatic N) is 3. The van der Waals surface area contributed by atoms with Crippen LogP contribution in [0.1, 0.15) is 28.7 Å². The Labute approximate surface area is 110 Å². The smallest absolute Gasteiger partial charge is 0.158 e. The van der Waals surface area contributed by atoms with E-state index in [1.165, 1.54) is 5.56 Å². The first-order valence-corrected chi connectivity index (χ1v) is 6.16. The lowest BCUT2D eigenvalue weighted by Gasteiger charge is -1.95. The van der Waals surface area contributed by atoms with Gasteiger partial charge in [-0.15, -0.1) is 0 Å². The lowest BCUT2D eigenvalue weighted by atomic mass is 10.1. The van der Waals surface area contributed by atoms with E-state index in [9.17, 15) is 0 Å². The van der Waals surface area contributed by atoms with E-state index in [1.807, 2.05) is 31.2 Å². The first-order chi connectivity index (χ1) is 9.29. The Morgan fingerprint density at radius 1 is 1.16 bits per heavy atom. The van der Waals surface area contributed by atoms with Gasteiger partial charge >= 0.3 is 0 Å². The Morgan fingerprint density at radius 2 is 2.00 bits per heavy atom. The van der Waals surface area contributed by atoms with Crippen molar-refractivity contribution in [1.29, 1.82) is 0 Å². The van der Waals surface area contributed by atoms with Gasteiger partial charge in [-0.2, -0.15) is 5.10 Å². The van der Waals surface area contributed by atoms with Crippen LogP contribution in [0.25, 0.3) is 0 Å². The number of aromatic amines is 1. The summed E-state index contributed by atoms with van der Waals surface area (Å²) in [5, 5.41) is 11.0. The molecule has 19 heavy (non-hydrogen) atoms. The predicted molar refractivity (Wildman–Crippen MR) is 69.7 cm³/mol. The molecule has 2 heterocycles. The molecule has 1 N–H and O–H groups in total. The maximum absolute atomic E-state index is 5.15. The maximum Gasteiger partial charge on any atom is 0.158 e. The van der Waals surface area contributed by atoms with Crippen molar-refractivity contribution in [2.45, 2.75) is 19.8 Å². The van der Waals surface area contributed by atoms with Gasteiger partial charge in [-0.3, -0.25) is 5.10 Å². The Balaban J connectivity index is 1.69. The van der Waals surface area contributed by atoms with E-state index in [1.54, 1.807) is 0 Å². The minimum Gasteiger partial charge on any atom is -0.361 e. The lowest BCUT2D eigenvalue weighted by Crippen LogP contribution is -1.91. The van der Waals surface area contributed by atoms with Crippen LogP contribution in [0.15, 0.2) is 40.9 Å². The largest absolute Gasteiger partial charge is 0.361 e. The Bertz CT molecular complexity index is 657. The van der Waals surface area contributed by atoms with Gasteiger partial charge in [-0.05, 0) is 12.5 Å². The summed E-state index contributed by atoms with van der Waals surface area (Å²) in [5.74, 6) is 2.36. The molecular weight excluding hydrogens is 240 g/mol. The molecule has 0 unspecified atom stereocenters. The molecule has 3 aromatic rings. The number of H-pyrrole nitrogens is 1. The SMILES string of the molecule is Cc1cc(Cc2n[nH]c(Cc3ccccc3)n2)on1. The minimum atomic E-state index is 0.562. The molecule has 0 amide bonds. The highest BCUT2D eigenvalue weighted by molar-refractivity contribution is 5.19. The summed E-state index contributed by atoms with van der Waals surface area (Å²) >= 11 is 0. The van der Waals surface area contributed by atoms with Crippen molar-refractivity contribution in [3.05, 3.63) is 65.1 Å². The average Bonchev–Trinajstić information content (AvgIpc) is 3.01. The number of hydrogen-bond donors (Lipinski definition) is 1. The van der Waals surface area contributed by atoms with Crippen molar-refractivity contribution in [1.82, 2.24) is 20.3 Å². The van der Waals surface area contributed by atoms with Crippen LogP contribution in [0.4, 0.5) is 0 Å². The first-order valence-electron chi connectivity index (χ1n) is 6.16. The molecule has 96 valence electrons. The molecule has 0 aliphatic heterocycles. The van der Waals surface area contributed by atoms with Crippen molar-refractivity contribution < 1.29 is 4.52 Å². The summed E-state index contributed by atoms with van der Waals surface area (Å²) in [4.78, 5) is 4.46. The molecule has 1 aromatic carbocycles. The summed E-state index contributed by atoms with van der Waals surface area (Å²) in [6.07, 6.45) is 1.31. The highest BCUT2D eigenvalue weighted by Gasteiger charge is 2.08. The number of aromatic nitrogens is 4. The van der Waals surface area contributed by atoms with Gasteiger partial charge in [0.2, 0.25) is 0 Å². The predicted octanol–water partition coefficient (Wildman–Crippen LogP) is 2.28. The molecule has 5 heteroatoms. The maximum atomic E-state index is 5.15. The summed E-state index contributed by atoms with van der Waals surface area (Å²) in [6.45, 7) is 1.89. The minimum absolute atomic E-state index is 0.562. The lowest BCUT2D eigenvalue weighted by molar-refractivity contribution is 0.384. The average molecular weight is 254 g/mol. The molecule has 5 nitrogen and oxygen atoms in total. The Hall–Kier alpha value is -2.43. The fourth-order valence-electron chi connectivity index (χ4n) is 1.94. The standard InChI is InChI=1S/C14H14N4O/c1-10-7-12(19-18-10)9-14-15-13(16-17-14)8-11-5-3-2-4-6-11/h2-7H,8-9H2,1H3,(H,15,16,17). The van der Waals surface area contributed by atoms with Crippen LogP contribution in [-0.4, -0.2) is 20.3 Å². The van der Waals surface area contributed by atoms with Crippen molar-refractivity contribution in [2.24, 2.45) is 0 Å². The molecule has 0 saturated carbocycles. The molecule has 0 aliphatic carbocycles. The van der Waals surface area contributed by atoms with E-state index in [4.69, 9.17) is 4.52 Å². The quantitative estimate of drug-likeness (QED) is 0.775. The van der Waals surface area contributed by atoms with Gasteiger partial charge in [0, 0.05) is 12.5 Å². The van der Waals surface area contributed by atoms with Crippen LogP contribution in [0.3, 0.4) is 0 Å². The van der Waals surface area contributed by atoms with Gasteiger partial charge in [0.25, 0.3) is 0 Å². The molecule has 0 saturated heterocycles. The molecule has 2 aromatic heterocycles. The van der Waals surface area contributed by atoms with Crippen LogP contribution < -0.4 is 0 Å². The fraction of sp³-hybridized carbons (Fsp3) is 0.214. The highest BCUT2D eigenvalue weighted by Crippen LogP contribution is 2.09. The molecule has 3 rings (SSSR count). The van der Waals surface area contributed by atoms with Gasteiger partial charge in [0.1, 0.15) is 11.6 Å². The van der Waals surface area contributed by atoms with Crippen LogP contribution in [-0.2, 0) is 12.8 Å². The van der Waals surface area contributed by atoms with E-state index < -0.39 is 0 Å². The zero-order valence-electron chi connectivity index (χ0n) is 10.6. The summed E-state index contributed by atoms with van der Waals surface area (Å²) < 4.78 is 5.15. The first kappa shape index (κ1) is 11.6. The van der Waals surface area contributed by atoms with E-state index in [0.717, 1.165) is 29.5 Å². The molecule has 0 radical (unpaired) electrons. The van der Waals surface area contributed by atoms with Crippen LogP contribution in [0.2, 0.25) is 0 Å². The topological polar surface area (TPSA) is 67.6 Å². The number of nitrogens with one attached hydrogen (secondary N) is 1. The van der Waals surface area contributed by atoms with Crippen molar-refractivity contribution in [2.75, 3.05) is 0 Å². The zero-order valence-corrected chi connectivity index (χ0v) is 10.6. The van der Waals surface area contributed by atoms with E-state index in [-0.39, 0.29) is 0 Å². The van der Waals surface area contributed by atoms with Crippen molar-refractivity contribution in [3.63, 3.8) is 0 Å². The molecular formula is C14H14N4O. The normalized spacial score (nSPS) is 10.8. The highest BCUT2D eigenvalue weighted by atomic mass is 16.5. The molecule has 0 spiro atoms. The molecule has 0 bridgehead atoms. The molecule has 0 aliphatic rings. The van der Waals surface area contributed by atoms with E-state index in [0.29, 0.717) is 6.42 Å². The summed E-state index contributed by atoms with van der Waals surface area (Å²) in [7, 11) is 0. The zero-order chi connectivity index (χ0) is 13.1. The monoisotopic (exact) mass is 254 g/mol. The number of benzene rings is 1. The Kier molecular flexibility index (Phi) is 3.10.